The SMILES string of the molecule is Cc1ccc(/C(O)=C2\C(=O)C(=O)N(c3nncs3)C2c2ccco2)cc1. The van der Waals surface area contributed by atoms with E-state index in [1.54, 1.807) is 24.3 Å². The second-order valence-electron chi connectivity index (χ2n) is 5.77. The van der Waals surface area contributed by atoms with Gasteiger partial charge < -0.3 is 9.52 Å². The number of rotatable bonds is 3. The molecule has 1 aliphatic heterocycles. The van der Waals surface area contributed by atoms with E-state index in [1.807, 2.05) is 19.1 Å². The molecule has 1 fully saturated rings. The fraction of sp³-hybridized carbons (Fsp3) is 0.111. The van der Waals surface area contributed by atoms with Gasteiger partial charge in [-0.2, -0.15) is 0 Å². The summed E-state index contributed by atoms with van der Waals surface area (Å²) in [6.07, 6.45) is 1.45. The molecule has 0 saturated carbocycles. The monoisotopic (exact) mass is 367 g/mol. The highest BCUT2D eigenvalue weighted by atomic mass is 32.1. The Balaban J connectivity index is 1.92. The molecule has 130 valence electrons. The van der Waals surface area contributed by atoms with E-state index in [0.29, 0.717) is 11.3 Å². The van der Waals surface area contributed by atoms with Crippen LogP contribution in [0.4, 0.5) is 5.13 Å². The van der Waals surface area contributed by atoms with Gasteiger partial charge in [0.2, 0.25) is 5.13 Å². The number of carbonyl (C=O) groups is 2. The zero-order chi connectivity index (χ0) is 18.3. The number of hydrogen-bond donors (Lipinski definition) is 1. The summed E-state index contributed by atoms with van der Waals surface area (Å²) in [4.78, 5) is 26.5. The number of aromatic nitrogens is 2. The number of Topliss-reactive ketones (excluding diaryl/α,β-unsaturated/α-hetero) is 1. The summed E-state index contributed by atoms with van der Waals surface area (Å²) in [6.45, 7) is 1.92. The molecule has 3 aromatic rings. The molecule has 1 aliphatic rings. The molecule has 7 nitrogen and oxygen atoms in total. The number of furan rings is 1. The van der Waals surface area contributed by atoms with Crippen LogP contribution >= 0.6 is 11.3 Å². The van der Waals surface area contributed by atoms with Gasteiger partial charge in [0, 0.05) is 5.56 Å². The van der Waals surface area contributed by atoms with E-state index in [4.69, 9.17) is 4.42 Å². The van der Waals surface area contributed by atoms with Crippen LogP contribution in [0.2, 0.25) is 0 Å². The van der Waals surface area contributed by atoms with Crippen molar-refractivity contribution in [2.75, 3.05) is 4.90 Å². The molecule has 0 radical (unpaired) electrons. The lowest BCUT2D eigenvalue weighted by Crippen LogP contribution is -2.29. The Morgan fingerprint density at radius 1 is 1.23 bits per heavy atom. The topological polar surface area (TPSA) is 96.5 Å². The zero-order valence-corrected chi connectivity index (χ0v) is 14.4. The van der Waals surface area contributed by atoms with Crippen LogP contribution in [-0.4, -0.2) is 27.0 Å². The first-order chi connectivity index (χ1) is 12.6. The summed E-state index contributed by atoms with van der Waals surface area (Å²) < 4.78 is 5.44. The number of ketones is 1. The van der Waals surface area contributed by atoms with Crippen molar-refractivity contribution < 1.29 is 19.1 Å². The van der Waals surface area contributed by atoms with Gasteiger partial charge in [-0.05, 0) is 19.1 Å². The van der Waals surface area contributed by atoms with Gasteiger partial charge in [-0.25, -0.2) is 0 Å². The van der Waals surface area contributed by atoms with Gasteiger partial charge in [0.1, 0.15) is 23.1 Å². The quantitative estimate of drug-likeness (QED) is 0.434. The molecule has 8 heteroatoms. The number of anilines is 1. The summed E-state index contributed by atoms with van der Waals surface area (Å²) in [7, 11) is 0. The maximum atomic E-state index is 12.7. The molecule has 3 heterocycles. The minimum atomic E-state index is -0.903. The Hall–Kier alpha value is -3.26. The second-order valence-corrected chi connectivity index (χ2v) is 6.58. The van der Waals surface area contributed by atoms with Gasteiger partial charge in [-0.1, -0.05) is 41.2 Å². The van der Waals surface area contributed by atoms with Gasteiger partial charge in [0.25, 0.3) is 5.78 Å². The van der Waals surface area contributed by atoms with Gasteiger partial charge in [-0.15, -0.1) is 10.2 Å². The molecule has 1 aromatic carbocycles. The summed E-state index contributed by atoms with van der Waals surface area (Å²) >= 11 is 1.12. The molecular formula is C18H13N3O4S. The Morgan fingerprint density at radius 2 is 2.00 bits per heavy atom. The van der Waals surface area contributed by atoms with Crippen molar-refractivity contribution in [1.29, 1.82) is 0 Å². The van der Waals surface area contributed by atoms with Crippen molar-refractivity contribution in [2.24, 2.45) is 0 Å². The van der Waals surface area contributed by atoms with Crippen LogP contribution in [0.25, 0.3) is 5.76 Å². The lowest BCUT2D eigenvalue weighted by molar-refractivity contribution is -0.132. The zero-order valence-electron chi connectivity index (χ0n) is 13.6. The third-order valence-electron chi connectivity index (χ3n) is 4.14. The summed E-state index contributed by atoms with van der Waals surface area (Å²) in [5, 5.41) is 18.7. The Morgan fingerprint density at radius 3 is 2.62 bits per heavy atom. The lowest BCUT2D eigenvalue weighted by Gasteiger charge is -2.19. The fourth-order valence-corrected chi connectivity index (χ4v) is 3.47. The summed E-state index contributed by atoms with van der Waals surface area (Å²) in [5.74, 6) is -1.47. The highest BCUT2D eigenvalue weighted by molar-refractivity contribution is 7.13. The van der Waals surface area contributed by atoms with Crippen molar-refractivity contribution in [3.63, 3.8) is 0 Å². The van der Waals surface area contributed by atoms with Gasteiger partial charge in [-0.3, -0.25) is 14.5 Å². The van der Waals surface area contributed by atoms with Crippen LogP contribution in [-0.2, 0) is 9.59 Å². The number of benzene rings is 1. The number of amides is 1. The highest BCUT2D eigenvalue weighted by Gasteiger charge is 2.49. The van der Waals surface area contributed by atoms with E-state index in [9.17, 15) is 14.7 Å². The van der Waals surface area contributed by atoms with Crippen LogP contribution in [0.15, 0.2) is 58.2 Å². The smallest absolute Gasteiger partial charge is 0.302 e. The van der Waals surface area contributed by atoms with Crippen molar-refractivity contribution in [3.05, 3.63) is 70.6 Å². The number of aliphatic hydroxyl groups excluding tert-OH is 1. The number of carbonyl (C=O) groups excluding carboxylic acids is 2. The lowest BCUT2D eigenvalue weighted by atomic mass is 9.99. The van der Waals surface area contributed by atoms with E-state index < -0.39 is 17.7 Å². The molecule has 2 aromatic heterocycles. The van der Waals surface area contributed by atoms with E-state index in [-0.39, 0.29) is 16.5 Å². The number of hydrogen-bond acceptors (Lipinski definition) is 7. The van der Waals surface area contributed by atoms with Crippen molar-refractivity contribution in [1.82, 2.24) is 10.2 Å². The number of aryl methyl sites for hydroxylation is 1. The van der Waals surface area contributed by atoms with Crippen LogP contribution < -0.4 is 4.90 Å². The molecule has 1 amide bonds. The first-order valence-electron chi connectivity index (χ1n) is 7.75. The summed E-state index contributed by atoms with van der Waals surface area (Å²) in [5.41, 5.74) is 2.89. The standard InChI is InChI=1S/C18H13N3O4S/c1-10-4-6-11(7-5-10)15(22)13-14(12-3-2-8-25-12)21(17(24)16(13)23)18-20-19-9-26-18/h2-9,14,22H,1H3/b15-13+. The Bertz CT molecular complexity index is 992. The molecule has 1 unspecified atom stereocenters. The number of aliphatic hydroxyl groups is 1. The molecule has 1 saturated heterocycles. The minimum Gasteiger partial charge on any atom is -0.507 e. The van der Waals surface area contributed by atoms with E-state index in [1.165, 1.54) is 16.7 Å². The van der Waals surface area contributed by atoms with Crippen molar-refractivity contribution >= 4 is 33.9 Å². The van der Waals surface area contributed by atoms with Gasteiger partial charge >= 0.3 is 5.91 Å². The van der Waals surface area contributed by atoms with E-state index >= 15 is 0 Å². The maximum absolute atomic E-state index is 12.7. The molecular weight excluding hydrogens is 354 g/mol. The maximum Gasteiger partial charge on any atom is 0.302 e. The van der Waals surface area contributed by atoms with E-state index in [2.05, 4.69) is 10.2 Å². The van der Waals surface area contributed by atoms with Gasteiger partial charge in [0.05, 0.1) is 11.8 Å². The fourth-order valence-electron chi connectivity index (χ4n) is 2.88. The average Bonchev–Trinajstić information content (AvgIpc) is 3.37. The van der Waals surface area contributed by atoms with E-state index in [0.717, 1.165) is 16.9 Å². The molecule has 1 atom stereocenters. The first-order valence-corrected chi connectivity index (χ1v) is 8.63. The predicted molar refractivity (Wildman–Crippen MR) is 94.6 cm³/mol. The highest BCUT2D eigenvalue weighted by Crippen LogP contribution is 2.42. The van der Waals surface area contributed by atoms with Gasteiger partial charge in [0.15, 0.2) is 0 Å². The first kappa shape index (κ1) is 16.2. The second kappa shape index (κ2) is 6.23. The third kappa shape index (κ3) is 2.51. The molecule has 0 spiro atoms. The number of nitrogens with zero attached hydrogens (tertiary/aromatic N) is 3. The van der Waals surface area contributed by atoms with Crippen LogP contribution in [0, 0.1) is 6.92 Å². The molecule has 4 rings (SSSR count). The molecule has 0 bridgehead atoms. The van der Waals surface area contributed by atoms with Crippen LogP contribution in [0.1, 0.15) is 22.9 Å². The normalized spacial score (nSPS) is 19.3. The van der Waals surface area contributed by atoms with Crippen molar-refractivity contribution in [2.45, 2.75) is 13.0 Å². The predicted octanol–water partition coefficient (Wildman–Crippen LogP) is 3.07. The third-order valence-corrected chi connectivity index (χ3v) is 4.83. The largest absolute Gasteiger partial charge is 0.507 e. The van der Waals surface area contributed by atoms with Crippen LogP contribution in [0.5, 0.6) is 0 Å². The minimum absolute atomic E-state index is 0.0380. The van der Waals surface area contributed by atoms with Crippen LogP contribution in [0.3, 0.4) is 0 Å². The Kier molecular flexibility index (Phi) is 3.89. The Labute approximate surface area is 152 Å². The average molecular weight is 367 g/mol. The summed E-state index contributed by atoms with van der Waals surface area (Å²) in [6, 6.07) is 9.42. The molecule has 1 N–H and O–H groups in total. The molecule has 26 heavy (non-hydrogen) atoms. The molecule has 0 aliphatic carbocycles. The van der Waals surface area contributed by atoms with Crippen molar-refractivity contribution in [3.8, 4) is 0 Å².